The molecule has 1 N–H and O–H groups in total. The first-order chi connectivity index (χ1) is 4.18. The monoisotopic (exact) mass is 128 g/mol. The number of hydrogen-bond donors (Lipinski definition) is 1. The van der Waals surface area contributed by atoms with Gasteiger partial charge in [-0.2, -0.15) is 0 Å². The predicted molar refractivity (Wildman–Crippen MR) is 41.9 cm³/mol. The molecule has 1 atom stereocenters. The Balaban J connectivity index is 3.48. The van der Waals surface area contributed by atoms with E-state index in [1.54, 1.807) is 6.34 Å². The van der Waals surface area contributed by atoms with E-state index in [2.05, 4.69) is 31.1 Å². The Labute approximate surface area is 57.4 Å². The lowest BCUT2D eigenvalue weighted by Gasteiger charge is -2.08. The lowest BCUT2D eigenvalue weighted by Crippen LogP contribution is -2.11. The van der Waals surface area contributed by atoms with Gasteiger partial charge in [0.2, 0.25) is 0 Å². The molecule has 0 aromatic heterocycles. The Bertz CT molecular complexity index is 86.9. The van der Waals surface area contributed by atoms with Crippen LogP contribution in [-0.2, 0) is 0 Å². The van der Waals surface area contributed by atoms with Crippen LogP contribution in [0.2, 0.25) is 0 Å². The van der Waals surface area contributed by atoms with Crippen LogP contribution in [0.4, 0.5) is 0 Å². The van der Waals surface area contributed by atoms with E-state index < -0.39 is 0 Å². The molecule has 54 valence electrons. The molecule has 0 bridgehead atoms. The van der Waals surface area contributed by atoms with E-state index in [9.17, 15) is 0 Å². The van der Waals surface area contributed by atoms with Crippen molar-refractivity contribution in [2.24, 2.45) is 10.9 Å². The lowest BCUT2D eigenvalue weighted by atomic mass is 10.1. The second-order valence-electron chi connectivity index (χ2n) is 2.55. The second-order valence-corrected chi connectivity index (χ2v) is 2.55. The molecule has 0 fully saturated rings. The fraction of sp³-hybridized carbons (Fsp3) is 0.857. The van der Waals surface area contributed by atoms with Crippen LogP contribution in [-0.4, -0.2) is 19.4 Å². The van der Waals surface area contributed by atoms with Crippen LogP contribution >= 0.6 is 0 Å². The highest BCUT2D eigenvalue weighted by Crippen LogP contribution is 2.02. The molecule has 0 spiro atoms. The summed E-state index contributed by atoms with van der Waals surface area (Å²) in [5, 5.41) is 2.86. The Morgan fingerprint density at radius 3 is 2.22 bits per heavy atom. The van der Waals surface area contributed by atoms with Gasteiger partial charge in [-0.15, -0.1) is 0 Å². The largest absolute Gasteiger partial charge is 0.380 e. The van der Waals surface area contributed by atoms with Gasteiger partial charge in [0.15, 0.2) is 0 Å². The van der Waals surface area contributed by atoms with Crippen LogP contribution in [0.5, 0.6) is 0 Å². The van der Waals surface area contributed by atoms with Crippen LogP contribution in [0.15, 0.2) is 4.99 Å². The summed E-state index contributed by atoms with van der Waals surface area (Å²) in [6, 6.07) is 0.428. The summed E-state index contributed by atoms with van der Waals surface area (Å²) in [5.74, 6) is 0.634. The molecule has 1 unspecified atom stereocenters. The van der Waals surface area contributed by atoms with Gasteiger partial charge in [-0.05, 0) is 12.8 Å². The molecule has 0 aromatic carbocycles. The van der Waals surface area contributed by atoms with Crippen LogP contribution < -0.4 is 5.32 Å². The van der Waals surface area contributed by atoms with E-state index >= 15 is 0 Å². The second kappa shape index (κ2) is 4.36. The third-order valence-electron chi connectivity index (χ3n) is 1.40. The van der Waals surface area contributed by atoms with Crippen molar-refractivity contribution >= 4 is 6.34 Å². The standard InChI is InChI=1S/C7H16N2/c1-6(2)7(3)9-5-8-4/h5-7H,1-4H3,(H,8,9). The smallest absolute Gasteiger partial charge is 0.0824 e. The molecule has 0 amide bonds. The van der Waals surface area contributed by atoms with Gasteiger partial charge in [-0.25, -0.2) is 0 Å². The first-order valence-corrected chi connectivity index (χ1v) is 3.37. The topological polar surface area (TPSA) is 24.4 Å². The number of hydrogen-bond acceptors (Lipinski definition) is 1. The van der Waals surface area contributed by atoms with Crippen molar-refractivity contribution in [3.05, 3.63) is 0 Å². The average Bonchev–Trinajstić information content (AvgIpc) is 1.82. The summed E-state index contributed by atoms with van der Waals surface area (Å²) in [6.07, 6.45) is 1.74. The summed E-state index contributed by atoms with van der Waals surface area (Å²) in [5.41, 5.74) is 0. The molecule has 0 aliphatic heterocycles. The van der Waals surface area contributed by atoms with E-state index in [4.69, 9.17) is 0 Å². The molecule has 2 nitrogen and oxygen atoms in total. The lowest BCUT2D eigenvalue weighted by molar-refractivity contribution is 0.532. The summed E-state index contributed by atoms with van der Waals surface area (Å²) in [7, 11) is 1.86. The maximum Gasteiger partial charge on any atom is 0.0824 e. The maximum atomic E-state index is 4.21. The molecule has 0 aliphatic carbocycles. The minimum atomic E-state index is 0.428. The molecule has 0 aromatic rings. The van der Waals surface area contributed by atoms with Crippen molar-refractivity contribution < 1.29 is 0 Å². The summed E-state index contributed by atoms with van der Waals surface area (Å²) in [6.45, 7) is 6.44. The fourth-order valence-electron chi connectivity index (χ4n) is 0.364. The van der Waals surface area contributed by atoms with E-state index in [-0.39, 0.29) is 0 Å². The number of nitrogens with zero attached hydrogens (tertiary/aromatic N) is 1. The zero-order valence-electron chi connectivity index (χ0n) is 6.68. The van der Waals surface area contributed by atoms with Crippen LogP contribution in [0, 0.1) is 5.92 Å². The van der Waals surface area contributed by atoms with Crippen molar-refractivity contribution in [3.8, 4) is 0 Å². The first-order valence-electron chi connectivity index (χ1n) is 3.37. The molecule has 2 heteroatoms. The molecule has 0 saturated heterocycles. The van der Waals surface area contributed by atoms with Gasteiger partial charge in [0.05, 0.1) is 12.4 Å². The molecule has 0 aliphatic rings. The highest BCUT2D eigenvalue weighted by atomic mass is 14.9. The minimum absolute atomic E-state index is 0.428. The zero-order chi connectivity index (χ0) is 7.28. The van der Waals surface area contributed by atoms with Crippen molar-refractivity contribution in [2.45, 2.75) is 26.8 Å². The molecule has 0 radical (unpaired) electrons. The molecule has 9 heavy (non-hydrogen) atoms. The van der Waals surface area contributed by atoms with Crippen LogP contribution in [0.25, 0.3) is 0 Å². The Hall–Kier alpha value is -0.530. The SMILES string of the molecule is CN/C=N/C(C)C(C)C. The van der Waals surface area contributed by atoms with Crippen molar-refractivity contribution in [1.29, 1.82) is 0 Å². The third kappa shape index (κ3) is 4.01. The summed E-state index contributed by atoms with van der Waals surface area (Å²) < 4.78 is 0. The Kier molecular flexibility index (Phi) is 4.10. The van der Waals surface area contributed by atoms with Gasteiger partial charge in [-0.1, -0.05) is 13.8 Å². The molecule has 0 heterocycles. The van der Waals surface area contributed by atoms with Gasteiger partial charge in [0.1, 0.15) is 0 Å². The quantitative estimate of drug-likeness (QED) is 0.449. The minimum Gasteiger partial charge on any atom is -0.380 e. The fourth-order valence-corrected chi connectivity index (χ4v) is 0.364. The predicted octanol–water partition coefficient (Wildman–Crippen LogP) is 1.28. The zero-order valence-corrected chi connectivity index (χ0v) is 6.68. The van der Waals surface area contributed by atoms with E-state index in [0.29, 0.717) is 12.0 Å². The number of nitrogens with one attached hydrogen (secondary N) is 1. The van der Waals surface area contributed by atoms with Gasteiger partial charge < -0.3 is 5.32 Å². The van der Waals surface area contributed by atoms with Crippen molar-refractivity contribution in [3.63, 3.8) is 0 Å². The summed E-state index contributed by atoms with van der Waals surface area (Å²) in [4.78, 5) is 4.21. The summed E-state index contributed by atoms with van der Waals surface area (Å²) >= 11 is 0. The van der Waals surface area contributed by atoms with Gasteiger partial charge in [0.25, 0.3) is 0 Å². The molecule has 0 rings (SSSR count). The third-order valence-corrected chi connectivity index (χ3v) is 1.40. The average molecular weight is 128 g/mol. The Morgan fingerprint density at radius 1 is 1.33 bits per heavy atom. The van der Waals surface area contributed by atoms with E-state index in [1.807, 2.05) is 7.05 Å². The first kappa shape index (κ1) is 8.47. The van der Waals surface area contributed by atoms with E-state index in [1.165, 1.54) is 0 Å². The van der Waals surface area contributed by atoms with Gasteiger partial charge >= 0.3 is 0 Å². The maximum absolute atomic E-state index is 4.21. The number of aliphatic imine (C=N–C) groups is 1. The number of rotatable bonds is 3. The highest BCUT2D eigenvalue weighted by molar-refractivity contribution is 5.53. The molecular weight excluding hydrogens is 112 g/mol. The van der Waals surface area contributed by atoms with Crippen molar-refractivity contribution in [1.82, 2.24) is 5.32 Å². The van der Waals surface area contributed by atoms with Gasteiger partial charge in [0, 0.05) is 7.05 Å². The molecular formula is C7H16N2. The van der Waals surface area contributed by atoms with Crippen molar-refractivity contribution in [2.75, 3.05) is 7.05 Å². The van der Waals surface area contributed by atoms with Gasteiger partial charge in [-0.3, -0.25) is 4.99 Å². The van der Waals surface area contributed by atoms with Crippen LogP contribution in [0.3, 0.4) is 0 Å². The van der Waals surface area contributed by atoms with Crippen LogP contribution in [0.1, 0.15) is 20.8 Å². The van der Waals surface area contributed by atoms with E-state index in [0.717, 1.165) is 0 Å². The highest BCUT2D eigenvalue weighted by Gasteiger charge is 2.01. The molecule has 0 saturated carbocycles. The Morgan fingerprint density at radius 2 is 1.89 bits per heavy atom. The normalized spacial score (nSPS) is 14.8.